The van der Waals surface area contributed by atoms with Gasteiger partial charge in [0, 0.05) is 18.1 Å². The third-order valence-corrected chi connectivity index (χ3v) is 7.25. The van der Waals surface area contributed by atoms with Crippen molar-refractivity contribution >= 4 is 27.4 Å². The van der Waals surface area contributed by atoms with Crippen LogP contribution >= 0.6 is 0 Å². The van der Waals surface area contributed by atoms with E-state index in [1.54, 1.807) is 47.4 Å². The molecule has 4 N–H and O–H groups in total. The third-order valence-electron chi connectivity index (χ3n) is 5.83. The van der Waals surface area contributed by atoms with E-state index in [4.69, 9.17) is 5.73 Å². The van der Waals surface area contributed by atoms with Crippen molar-refractivity contribution in [2.75, 3.05) is 5.32 Å². The molecule has 4 rings (SSSR count). The highest BCUT2D eigenvalue weighted by Gasteiger charge is 2.29. The van der Waals surface area contributed by atoms with Crippen LogP contribution < -0.4 is 15.8 Å². The lowest BCUT2D eigenvalue weighted by Gasteiger charge is -2.26. The van der Waals surface area contributed by atoms with Crippen LogP contribution in [0.5, 0.6) is 0 Å². The lowest BCUT2D eigenvalue weighted by Crippen LogP contribution is -2.23. The minimum Gasteiger partial charge on any atom is -0.365 e. The molecule has 11 heteroatoms. The molecule has 0 saturated heterocycles. The van der Waals surface area contributed by atoms with Crippen molar-refractivity contribution in [2.45, 2.75) is 43.2 Å². The van der Waals surface area contributed by atoms with Crippen LogP contribution in [0.3, 0.4) is 0 Å². The molecule has 1 aliphatic carbocycles. The van der Waals surface area contributed by atoms with Crippen LogP contribution in [0.25, 0.3) is 0 Å². The van der Waals surface area contributed by atoms with Crippen LogP contribution in [0.2, 0.25) is 0 Å². The van der Waals surface area contributed by atoms with E-state index in [0.29, 0.717) is 11.4 Å². The largest absolute Gasteiger partial charge is 0.365 e. The first-order chi connectivity index (χ1) is 16.4. The van der Waals surface area contributed by atoms with Crippen LogP contribution in [-0.2, 0) is 16.6 Å². The van der Waals surface area contributed by atoms with Gasteiger partial charge in [0.2, 0.25) is 10.0 Å². The molecule has 3 aromatic rings. The van der Waals surface area contributed by atoms with Crippen molar-refractivity contribution in [3.63, 3.8) is 0 Å². The highest BCUT2D eigenvalue weighted by atomic mass is 32.2. The molecule has 34 heavy (non-hydrogen) atoms. The maximum Gasteiger partial charge on any atom is 0.254 e. The fourth-order valence-corrected chi connectivity index (χ4v) is 5.02. The molecule has 1 saturated carbocycles. The number of rotatable bonds is 8. The minimum atomic E-state index is -3.73. The molecule has 0 spiro atoms. The smallest absolute Gasteiger partial charge is 0.254 e. The number of nitriles is 1. The molecule has 2 aromatic heterocycles. The predicted octanol–water partition coefficient (Wildman–Crippen LogP) is 2.85. The molecule has 2 atom stereocenters. The maximum atomic E-state index is 12.6. The van der Waals surface area contributed by atoms with Gasteiger partial charge in [0.1, 0.15) is 5.56 Å². The van der Waals surface area contributed by atoms with Crippen LogP contribution in [0.4, 0.5) is 11.5 Å². The molecule has 2 heterocycles. The fourth-order valence-electron chi connectivity index (χ4n) is 4.02. The van der Waals surface area contributed by atoms with Gasteiger partial charge < -0.3 is 11.1 Å². The van der Waals surface area contributed by atoms with Gasteiger partial charge in [0.05, 0.1) is 35.2 Å². The van der Waals surface area contributed by atoms with E-state index in [1.807, 2.05) is 0 Å². The number of benzene rings is 1. The van der Waals surface area contributed by atoms with Gasteiger partial charge in [0.15, 0.2) is 5.82 Å². The van der Waals surface area contributed by atoms with Crippen molar-refractivity contribution in [1.29, 1.82) is 5.26 Å². The summed E-state index contributed by atoms with van der Waals surface area (Å²) in [5.74, 6) is -0.556. The fraction of sp³-hybridized carbons (Fsp3) is 0.304. The highest BCUT2D eigenvalue weighted by Crippen LogP contribution is 2.34. The predicted molar refractivity (Wildman–Crippen MR) is 125 cm³/mol. The molecule has 0 aliphatic heterocycles. The summed E-state index contributed by atoms with van der Waals surface area (Å²) in [4.78, 5) is 16.2. The van der Waals surface area contributed by atoms with E-state index >= 15 is 0 Å². The topological polar surface area (TPSA) is 156 Å². The number of carbonyl (C=O) groups excluding carboxylic acids is 1. The summed E-state index contributed by atoms with van der Waals surface area (Å²) < 4.78 is 29.4. The number of aromatic nitrogens is 3. The molecular formula is C23H25N7O3S. The van der Waals surface area contributed by atoms with Gasteiger partial charge >= 0.3 is 0 Å². The van der Waals surface area contributed by atoms with Crippen LogP contribution in [0.15, 0.2) is 59.8 Å². The van der Waals surface area contributed by atoms with Crippen LogP contribution in [-0.4, -0.2) is 29.1 Å². The Morgan fingerprint density at radius 1 is 1.18 bits per heavy atom. The van der Waals surface area contributed by atoms with E-state index in [2.05, 4.69) is 26.2 Å². The highest BCUT2D eigenvalue weighted by molar-refractivity contribution is 7.89. The van der Waals surface area contributed by atoms with E-state index < -0.39 is 15.9 Å². The lowest BCUT2D eigenvalue weighted by atomic mass is 9.85. The summed E-state index contributed by atoms with van der Waals surface area (Å²) >= 11 is 0. The number of anilines is 2. The molecule has 1 aliphatic rings. The van der Waals surface area contributed by atoms with E-state index in [1.165, 1.54) is 12.1 Å². The Morgan fingerprint density at radius 3 is 2.62 bits per heavy atom. The lowest BCUT2D eigenvalue weighted by molar-refractivity contribution is 0.100. The van der Waals surface area contributed by atoms with Crippen LogP contribution in [0, 0.1) is 17.2 Å². The summed E-state index contributed by atoms with van der Waals surface area (Å²) in [6.07, 6.45) is 6.75. The second-order valence-electron chi connectivity index (χ2n) is 8.12. The zero-order valence-electron chi connectivity index (χ0n) is 18.4. The Labute approximate surface area is 197 Å². The van der Waals surface area contributed by atoms with E-state index in [0.717, 1.165) is 25.7 Å². The van der Waals surface area contributed by atoms with Crippen LogP contribution in [0.1, 0.15) is 47.8 Å². The second-order valence-corrected chi connectivity index (χ2v) is 9.88. The quantitative estimate of drug-likeness (QED) is 0.448. The minimum absolute atomic E-state index is 0.0768. The first kappa shape index (κ1) is 23.4. The van der Waals surface area contributed by atoms with Gasteiger partial charge in [-0.15, -0.1) is 0 Å². The molecule has 176 valence electrons. The molecule has 0 radical (unpaired) electrons. The van der Waals surface area contributed by atoms with Crippen molar-refractivity contribution in [3.05, 3.63) is 66.1 Å². The SMILES string of the molecule is N#C[C@H]1CCCC[C@@H]1n1cc(C(N)=O)c(Nc2ccc(S(=O)(=O)NCc3ccccn3)cc2)n1. The first-order valence-corrected chi connectivity index (χ1v) is 12.4. The monoisotopic (exact) mass is 479 g/mol. The third kappa shape index (κ3) is 5.24. The number of nitrogens with zero attached hydrogens (tertiary/aromatic N) is 4. The van der Waals surface area contributed by atoms with Gasteiger partial charge in [-0.25, -0.2) is 13.1 Å². The zero-order chi connectivity index (χ0) is 24.1. The number of amides is 1. The van der Waals surface area contributed by atoms with E-state index in [-0.39, 0.29) is 34.8 Å². The maximum absolute atomic E-state index is 12.6. The van der Waals surface area contributed by atoms with Gasteiger partial charge in [-0.2, -0.15) is 10.4 Å². The Balaban J connectivity index is 1.50. The number of hydrogen-bond acceptors (Lipinski definition) is 7. The Kier molecular flexibility index (Phi) is 6.90. The number of pyridine rings is 1. The second kappa shape index (κ2) is 10.0. The Morgan fingerprint density at radius 2 is 1.94 bits per heavy atom. The Hall–Kier alpha value is -3.75. The summed E-state index contributed by atoms with van der Waals surface area (Å²) in [5.41, 5.74) is 6.90. The van der Waals surface area contributed by atoms with E-state index in [9.17, 15) is 18.5 Å². The van der Waals surface area contributed by atoms with Crippen molar-refractivity contribution < 1.29 is 13.2 Å². The van der Waals surface area contributed by atoms with Gasteiger partial charge in [-0.1, -0.05) is 18.9 Å². The molecule has 1 amide bonds. The molecule has 0 bridgehead atoms. The molecular weight excluding hydrogens is 454 g/mol. The number of nitrogens with one attached hydrogen (secondary N) is 2. The number of nitrogens with two attached hydrogens (primary N) is 1. The van der Waals surface area contributed by atoms with Gasteiger partial charge in [-0.3, -0.25) is 14.5 Å². The summed E-state index contributed by atoms with van der Waals surface area (Å²) in [5, 5.41) is 17.0. The number of primary amides is 1. The Bertz CT molecular complexity index is 1300. The van der Waals surface area contributed by atoms with Crippen molar-refractivity contribution in [3.8, 4) is 6.07 Å². The molecule has 0 unspecified atom stereocenters. The summed E-state index contributed by atoms with van der Waals surface area (Å²) in [7, 11) is -3.73. The normalized spacial score (nSPS) is 18.2. The molecule has 10 nitrogen and oxygen atoms in total. The average molecular weight is 480 g/mol. The summed E-state index contributed by atoms with van der Waals surface area (Å²) in [6, 6.07) is 13.6. The van der Waals surface area contributed by atoms with Crippen molar-refractivity contribution in [1.82, 2.24) is 19.5 Å². The number of sulfonamides is 1. The summed E-state index contributed by atoms with van der Waals surface area (Å²) in [6.45, 7) is 0.0768. The molecule has 1 fully saturated rings. The zero-order valence-corrected chi connectivity index (χ0v) is 19.2. The standard InChI is InChI=1S/C23H25N7O3S/c24-13-16-5-1-2-7-21(16)30-15-20(22(25)31)23(29-30)28-17-8-10-19(11-9-17)34(32,33)27-14-18-6-3-4-12-26-18/h3-4,6,8-12,15-16,21,27H,1-2,5,7,14H2,(H2,25,31)(H,28,29)/t16-,21+/m1/s1. The number of carbonyl (C=O) groups is 1. The first-order valence-electron chi connectivity index (χ1n) is 10.9. The van der Waals surface area contributed by atoms with Gasteiger partial charge in [0.25, 0.3) is 5.91 Å². The van der Waals surface area contributed by atoms with Crippen molar-refractivity contribution in [2.24, 2.45) is 11.7 Å². The number of hydrogen-bond donors (Lipinski definition) is 3. The van der Waals surface area contributed by atoms with Gasteiger partial charge in [-0.05, 0) is 49.2 Å². The average Bonchev–Trinajstić information content (AvgIpc) is 3.28. The molecule has 1 aromatic carbocycles.